The van der Waals surface area contributed by atoms with Gasteiger partial charge in [-0.3, -0.25) is 0 Å². The molecular weight excluding hydrogens is 470 g/mol. The van der Waals surface area contributed by atoms with Crippen molar-refractivity contribution in [3.8, 4) is 0 Å². The van der Waals surface area contributed by atoms with Crippen LogP contribution in [0.4, 0.5) is 0 Å². The van der Waals surface area contributed by atoms with Gasteiger partial charge in [-0.15, -0.1) is 35.0 Å². The summed E-state index contributed by atoms with van der Waals surface area (Å²) in [6.45, 7) is 11.0. The Hall–Kier alpha value is 0.123. The molecule has 3 rings (SSSR count). The summed E-state index contributed by atoms with van der Waals surface area (Å²) < 4.78 is 1.16. The standard InChI is InChI=1S/C10H15.C9H6Br.2ClH.Zr/c1-6-7(2)9(4)10(5)8(6)3;10-9-5-7-3-1-2-4-8(7)6-9;;;/h1-5H3;1-6H;2*1H;/q2*-1;;;+4/p-2. The number of rotatable bonds is 0. The third kappa shape index (κ3) is 5.85. The minimum absolute atomic E-state index is 0.826. The second-order valence-electron chi connectivity index (χ2n) is 5.50. The van der Waals surface area contributed by atoms with Gasteiger partial charge in [0, 0.05) is 0 Å². The molecule has 0 N–H and O–H groups in total. The molecule has 0 amide bonds. The topological polar surface area (TPSA) is 0 Å². The van der Waals surface area contributed by atoms with Crippen LogP contribution in [0.3, 0.4) is 0 Å². The molecule has 0 aliphatic rings. The van der Waals surface area contributed by atoms with Gasteiger partial charge in [0.05, 0.1) is 0 Å². The van der Waals surface area contributed by atoms with E-state index in [0.29, 0.717) is 0 Å². The summed E-state index contributed by atoms with van der Waals surface area (Å²) in [5, 5.41) is 2.60. The Balaban J connectivity index is 0.000000197. The van der Waals surface area contributed by atoms with Crippen LogP contribution >= 0.6 is 33.0 Å². The van der Waals surface area contributed by atoms with Gasteiger partial charge in [-0.1, -0.05) is 61.1 Å². The molecule has 0 nitrogen and oxygen atoms in total. The van der Waals surface area contributed by atoms with Crippen molar-refractivity contribution in [2.24, 2.45) is 0 Å². The van der Waals surface area contributed by atoms with E-state index >= 15 is 0 Å². The molecule has 3 aromatic carbocycles. The van der Waals surface area contributed by atoms with Crippen LogP contribution < -0.4 is 0 Å². The van der Waals surface area contributed by atoms with Gasteiger partial charge < -0.3 is 0 Å². The van der Waals surface area contributed by atoms with Crippen LogP contribution in [0.15, 0.2) is 40.9 Å². The van der Waals surface area contributed by atoms with Crippen LogP contribution in [-0.2, 0) is 20.8 Å². The zero-order valence-electron chi connectivity index (χ0n) is 14.1. The molecule has 0 saturated carbocycles. The molecule has 23 heavy (non-hydrogen) atoms. The van der Waals surface area contributed by atoms with E-state index in [1.54, 1.807) is 0 Å². The van der Waals surface area contributed by atoms with E-state index in [2.05, 4.69) is 86.9 Å². The second-order valence-corrected chi connectivity index (χ2v) is 10.1. The summed E-state index contributed by atoms with van der Waals surface area (Å²) in [6.07, 6.45) is 0. The molecule has 0 aliphatic heterocycles. The number of halogens is 3. The van der Waals surface area contributed by atoms with E-state index in [1.807, 2.05) is 0 Å². The molecule has 0 heterocycles. The Bertz CT molecular complexity index is 643. The van der Waals surface area contributed by atoms with Gasteiger partial charge in [-0.25, -0.2) is 0 Å². The van der Waals surface area contributed by atoms with Crippen LogP contribution in [0.25, 0.3) is 10.8 Å². The first-order valence-corrected chi connectivity index (χ1v) is 14.4. The van der Waals surface area contributed by atoms with Gasteiger partial charge in [-0.05, 0) is 0 Å². The molecule has 0 unspecified atom stereocenters. The van der Waals surface area contributed by atoms with Crippen LogP contribution in [0, 0.1) is 34.6 Å². The third-order valence-electron chi connectivity index (χ3n) is 4.40. The van der Waals surface area contributed by atoms with Gasteiger partial charge in [0.2, 0.25) is 0 Å². The molecule has 4 heteroatoms. The van der Waals surface area contributed by atoms with E-state index in [0.717, 1.165) is 4.47 Å². The molecule has 3 aromatic rings. The van der Waals surface area contributed by atoms with E-state index in [1.165, 1.54) is 38.6 Å². The monoisotopic (exact) mass is 488 g/mol. The molecule has 0 radical (unpaired) electrons. The summed E-state index contributed by atoms with van der Waals surface area (Å²) in [5.41, 5.74) is 7.34. The van der Waals surface area contributed by atoms with E-state index in [-0.39, 0.29) is 0 Å². The summed E-state index contributed by atoms with van der Waals surface area (Å²) >= 11 is 2.60. The SMILES string of the molecule is Brc1cc2ccccc2[cH-]1.Cc1c(C)c(C)[c-](C)c1C.[Cl][Zr+2][Cl]. The van der Waals surface area contributed by atoms with Crippen molar-refractivity contribution in [2.75, 3.05) is 0 Å². The molecule has 0 saturated heterocycles. The van der Waals surface area contributed by atoms with Crippen LogP contribution in [0.1, 0.15) is 27.8 Å². The first-order chi connectivity index (χ1) is 10.8. The average molecular weight is 491 g/mol. The van der Waals surface area contributed by atoms with Crippen LogP contribution in [0.5, 0.6) is 0 Å². The van der Waals surface area contributed by atoms with Crippen LogP contribution in [0.2, 0.25) is 0 Å². The Kier molecular flexibility index (Phi) is 9.38. The van der Waals surface area contributed by atoms with Gasteiger partial charge in [-0.2, -0.15) is 33.9 Å². The summed E-state index contributed by atoms with van der Waals surface area (Å²) in [5.74, 6) is 0. The summed E-state index contributed by atoms with van der Waals surface area (Å²) in [6, 6.07) is 12.6. The Morgan fingerprint density at radius 2 is 1.48 bits per heavy atom. The van der Waals surface area contributed by atoms with E-state index < -0.39 is 20.8 Å². The quantitative estimate of drug-likeness (QED) is 0.284. The maximum atomic E-state index is 4.93. The third-order valence-corrected chi connectivity index (χ3v) is 4.85. The van der Waals surface area contributed by atoms with Crippen molar-refractivity contribution in [1.82, 2.24) is 0 Å². The van der Waals surface area contributed by atoms with Crippen molar-refractivity contribution in [3.63, 3.8) is 0 Å². The van der Waals surface area contributed by atoms with Crippen molar-refractivity contribution >= 4 is 43.7 Å². The van der Waals surface area contributed by atoms with Gasteiger partial charge in [0.1, 0.15) is 0 Å². The van der Waals surface area contributed by atoms with Crippen molar-refractivity contribution in [1.29, 1.82) is 0 Å². The Morgan fingerprint density at radius 1 is 1.00 bits per heavy atom. The number of benzene rings is 1. The second kappa shape index (κ2) is 10.2. The molecule has 0 spiro atoms. The Morgan fingerprint density at radius 3 is 1.87 bits per heavy atom. The first kappa shape index (κ1) is 21.2. The fourth-order valence-corrected chi connectivity index (χ4v) is 3.01. The fraction of sp³-hybridized carbons (Fsp3) is 0.263. The maximum absolute atomic E-state index is 4.93. The first-order valence-electron chi connectivity index (χ1n) is 7.30. The average Bonchev–Trinajstić information content (AvgIpc) is 2.98. The van der Waals surface area contributed by atoms with Crippen molar-refractivity contribution in [3.05, 3.63) is 68.7 Å². The van der Waals surface area contributed by atoms with Crippen molar-refractivity contribution < 1.29 is 20.8 Å². The Labute approximate surface area is 166 Å². The van der Waals surface area contributed by atoms with Crippen molar-refractivity contribution in [2.45, 2.75) is 34.6 Å². The predicted octanol–water partition coefficient (Wildman–Crippen LogP) is 7.65. The molecule has 0 aromatic heterocycles. The van der Waals surface area contributed by atoms with E-state index in [9.17, 15) is 0 Å². The molecule has 122 valence electrons. The summed E-state index contributed by atoms with van der Waals surface area (Å²) in [7, 11) is 9.87. The zero-order chi connectivity index (χ0) is 17.6. The number of fused-ring (bicyclic) bond motifs is 1. The number of hydrogen-bond donors (Lipinski definition) is 0. The number of hydrogen-bond acceptors (Lipinski definition) is 0. The minimum atomic E-state index is -0.826. The van der Waals surface area contributed by atoms with Gasteiger partial charge in [0.25, 0.3) is 0 Å². The predicted molar refractivity (Wildman–Crippen MR) is 105 cm³/mol. The zero-order valence-corrected chi connectivity index (χ0v) is 19.7. The van der Waals surface area contributed by atoms with Gasteiger partial charge in [0.15, 0.2) is 0 Å². The van der Waals surface area contributed by atoms with Gasteiger partial charge >= 0.3 is 37.9 Å². The molecule has 0 aliphatic carbocycles. The van der Waals surface area contributed by atoms with E-state index in [4.69, 9.17) is 17.0 Å². The summed E-state index contributed by atoms with van der Waals surface area (Å²) in [4.78, 5) is 0. The molecule has 0 fully saturated rings. The molecular formula is C19H21BrCl2Zr. The normalized spacial score (nSPS) is 9.57. The van der Waals surface area contributed by atoms with Crippen LogP contribution in [-0.4, -0.2) is 0 Å². The molecule has 0 bridgehead atoms. The fourth-order valence-electron chi connectivity index (χ4n) is 2.52. The molecule has 0 atom stereocenters.